The van der Waals surface area contributed by atoms with E-state index in [-0.39, 0.29) is 17.1 Å². The van der Waals surface area contributed by atoms with E-state index in [2.05, 4.69) is 13.8 Å². The Morgan fingerprint density at radius 2 is 1.79 bits per heavy atom. The third kappa shape index (κ3) is 5.59. The molecule has 1 atom stereocenters. The zero-order valence-corrected chi connectivity index (χ0v) is 20.6. The molecule has 182 valence electrons. The number of carbonyl (C=O) groups is 2. The smallest absolute Gasteiger partial charge is 0.295 e. The second-order valence-corrected chi connectivity index (χ2v) is 9.58. The first-order valence-electron chi connectivity index (χ1n) is 11.7. The number of phenolic OH excluding ortho intramolecular Hbond substituents is 1. The number of aromatic hydroxyl groups is 1. The highest BCUT2D eigenvalue weighted by molar-refractivity contribution is 6.46. The largest absolute Gasteiger partial charge is 0.508 e. The molecule has 2 aromatic rings. The zero-order chi connectivity index (χ0) is 25.0. The van der Waals surface area contributed by atoms with Crippen LogP contribution in [0.25, 0.3) is 5.76 Å². The number of rotatable bonds is 9. The summed E-state index contributed by atoms with van der Waals surface area (Å²) in [6.45, 7) is 7.82. The van der Waals surface area contributed by atoms with E-state index in [4.69, 9.17) is 4.74 Å². The van der Waals surface area contributed by atoms with Crippen LogP contribution in [-0.2, 0) is 9.59 Å². The molecule has 3 rings (SSSR count). The van der Waals surface area contributed by atoms with Crippen molar-refractivity contribution in [3.63, 3.8) is 0 Å². The van der Waals surface area contributed by atoms with E-state index in [0.717, 1.165) is 12.1 Å². The van der Waals surface area contributed by atoms with Gasteiger partial charge in [-0.25, -0.2) is 0 Å². The van der Waals surface area contributed by atoms with E-state index in [1.54, 1.807) is 30.3 Å². The fourth-order valence-electron chi connectivity index (χ4n) is 4.09. The summed E-state index contributed by atoms with van der Waals surface area (Å²) in [5.74, 6) is -0.359. The fraction of sp³-hybridized carbons (Fsp3) is 0.407. The molecule has 0 aromatic heterocycles. The lowest BCUT2D eigenvalue weighted by Gasteiger charge is -2.25. The molecule has 0 bridgehead atoms. The summed E-state index contributed by atoms with van der Waals surface area (Å²) in [4.78, 5) is 28.9. The minimum absolute atomic E-state index is 0.0585. The standard InChI is InChI=1S/C27H34N2O5/c1-17(2)16-34-22-12-9-20(15-18(22)3)25(31)23-24(19-7-10-21(30)11-8-19)29(27(33)26(23)32)14-6-13-28(4)5/h7-12,15,17,24,30-31H,6,13-14,16H2,1-5H3/p+1. The Bertz CT molecular complexity index is 1070. The number of aryl methyl sites for hydroxylation is 1. The molecule has 1 amide bonds. The van der Waals surface area contributed by atoms with E-state index < -0.39 is 17.7 Å². The van der Waals surface area contributed by atoms with Crippen molar-refractivity contribution < 1.29 is 29.4 Å². The average molecular weight is 468 g/mol. The Labute approximate surface area is 201 Å². The summed E-state index contributed by atoms with van der Waals surface area (Å²) in [7, 11) is 4.06. The van der Waals surface area contributed by atoms with Crippen molar-refractivity contribution in [1.29, 1.82) is 0 Å². The number of quaternary nitrogens is 1. The number of ether oxygens (including phenoxy) is 1. The number of nitrogens with zero attached hydrogens (tertiary/aromatic N) is 1. The van der Waals surface area contributed by atoms with Gasteiger partial charge in [0.1, 0.15) is 17.3 Å². The lowest BCUT2D eigenvalue weighted by molar-refractivity contribution is -0.858. The van der Waals surface area contributed by atoms with Gasteiger partial charge in [0.15, 0.2) is 0 Å². The maximum Gasteiger partial charge on any atom is 0.295 e. The molecule has 1 aliphatic rings. The first-order chi connectivity index (χ1) is 16.1. The monoisotopic (exact) mass is 467 g/mol. The number of hydrogen-bond donors (Lipinski definition) is 3. The number of Topliss-reactive ketones (excluding diaryl/α,β-unsaturated/α-hetero) is 1. The molecule has 1 fully saturated rings. The lowest BCUT2D eigenvalue weighted by atomic mass is 9.94. The summed E-state index contributed by atoms with van der Waals surface area (Å²) in [6, 6.07) is 10.9. The van der Waals surface area contributed by atoms with Crippen LogP contribution >= 0.6 is 0 Å². The van der Waals surface area contributed by atoms with Gasteiger partial charge in [-0.15, -0.1) is 0 Å². The van der Waals surface area contributed by atoms with E-state index in [1.807, 2.05) is 21.0 Å². The number of aliphatic hydroxyl groups is 1. The molecule has 1 saturated heterocycles. The van der Waals surface area contributed by atoms with Crippen LogP contribution in [-0.4, -0.2) is 60.6 Å². The van der Waals surface area contributed by atoms with Crippen LogP contribution in [0.3, 0.4) is 0 Å². The third-order valence-electron chi connectivity index (χ3n) is 5.85. The third-order valence-corrected chi connectivity index (χ3v) is 5.85. The summed E-state index contributed by atoms with van der Waals surface area (Å²) in [5.41, 5.74) is 2.00. The van der Waals surface area contributed by atoms with Crippen molar-refractivity contribution in [3.8, 4) is 11.5 Å². The SMILES string of the molecule is Cc1cc(C(O)=C2C(=O)C(=O)N(CCC[NH+](C)C)C2c2ccc(O)cc2)ccc1OCC(C)C. The number of aliphatic hydroxyl groups excluding tert-OH is 1. The predicted octanol–water partition coefficient (Wildman–Crippen LogP) is 2.69. The van der Waals surface area contributed by atoms with Gasteiger partial charge in [-0.05, 0) is 54.3 Å². The number of ketones is 1. The van der Waals surface area contributed by atoms with Gasteiger partial charge < -0.3 is 24.7 Å². The molecule has 0 spiro atoms. The lowest BCUT2D eigenvalue weighted by Crippen LogP contribution is -3.05. The first-order valence-corrected chi connectivity index (χ1v) is 11.7. The number of likely N-dealkylation sites (tertiary alicyclic amines) is 1. The van der Waals surface area contributed by atoms with Crippen molar-refractivity contribution in [2.45, 2.75) is 33.2 Å². The second kappa shape index (κ2) is 10.7. The summed E-state index contributed by atoms with van der Waals surface area (Å²) >= 11 is 0. The Balaban J connectivity index is 2.03. The minimum atomic E-state index is -0.727. The Morgan fingerprint density at radius 1 is 1.12 bits per heavy atom. The molecule has 0 radical (unpaired) electrons. The molecule has 34 heavy (non-hydrogen) atoms. The number of carbonyl (C=O) groups excluding carboxylic acids is 2. The highest BCUT2D eigenvalue weighted by Gasteiger charge is 2.45. The van der Waals surface area contributed by atoms with E-state index >= 15 is 0 Å². The van der Waals surface area contributed by atoms with Gasteiger partial charge in [0.05, 0.1) is 38.9 Å². The average Bonchev–Trinajstić information content (AvgIpc) is 3.03. The molecule has 7 heteroatoms. The topological polar surface area (TPSA) is 91.5 Å². The van der Waals surface area contributed by atoms with Crippen molar-refractivity contribution in [2.75, 3.05) is 33.8 Å². The molecule has 1 aliphatic heterocycles. The first kappa shape index (κ1) is 25.3. The quantitative estimate of drug-likeness (QED) is 0.300. The van der Waals surface area contributed by atoms with Gasteiger partial charge in [0, 0.05) is 18.5 Å². The van der Waals surface area contributed by atoms with Crippen molar-refractivity contribution in [1.82, 2.24) is 4.90 Å². The van der Waals surface area contributed by atoms with Crippen LogP contribution in [0.1, 0.15) is 43.0 Å². The number of benzene rings is 2. The van der Waals surface area contributed by atoms with Gasteiger partial charge in [-0.3, -0.25) is 9.59 Å². The van der Waals surface area contributed by atoms with Crippen LogP contribution in [0.15, 0.2) is 48.0 Å². The van der Waals surface area contributed by atoms with Crippen molar-refractivity contribution in [2.24, 2.45) is 5.92 Å². The molecule has 0 saturated carbocycles. The summed E-state index contributed by atoms with van der Waals surface area (Å²) < 4.78 is 5.83. The van der Waals surface area contributed by atoms with Crippen molar-refractivity contribution >= 4 is 17.4 Å². The van der Waals surface area contributed by atoms with Crippen LogP contribution in [0, 0.1) is 12.8 Å². The van der Waals surface area contributed by atoms with Crippen molar-refractivity contribution in [3.05, 3.63) is 64.7 Å². The predicted molar refractivity (Wildman–Crippen MR) is 131 cm³/mol. The number of nitrogens with one attached hydrogen (secondary N) is 1. The van der Waals surface area contributed by atoms with E-state index in [9.17, 15) is 19.8 Å². The molecule has 0 aliphatic carbocycles. The Morgan fingerprint density at radius 3 is 2.38 bits per heavy atom. The van der Waals surface area contributed by atoms with E-state index in [1.165, 1.54) is 21.9 Å². The van der Waals surface area contributed by atoms with Gasteiger partial charge in [0.2, 0.25) is 0 Å². The summed E-state index contributed by atoms with van der Waals surface area (Å²) in [6.07, 6.45) is 0.713. The molecular weight excluding hydrogens is 432 g/mol. The molecular formula is C27H35N2O5+. The van der Waals surface area contributed by atoms with Gasteiger partial charge >= 0.3 is 0 Å². The number of phenols is 1. The van der Waals surface area contributed by atoms with Gasteiger partial charge in [0.25, 0.3) is 11.7 Å². The van der Waals surface area contributed by atoms with Crippen LogP contribution in [0.5, 0.6) is 11.5 Å². The molecule has 1 heterocycles. The maximum atomic E-state index is 13.1. The second-order valence-electron chi connectivity index (χ2n) is 9.58. The molecule has 7 nitrogen and oxygen atoms in total. The molecule has 3 N–H and O–H groups in total. The Kier molecular flexibility index (Phi) is 7.99. The van der Waals surface area contributed by atoms with Crippen LogP contribution in [0.4, 0.5) is 0 Å². The van der Waals surface area contributed by atoms with E-state index in [0.29, 0.717) is 42.4 Å². The maximum absolute atomic E-state index is 13.1. The highest BCUT2D eigenvalue weighted by atomic mass is 16.5. The van der Waals surface area contributed by atoms with Gasteiger partial charge in [-0.1, -0.05) is 26.0 Å². The normalized spacial score (nSPS) is 17.7. The highest BCUT2D eigenvalue weighted by Crippen LogP contribution is 2.40. The summed E-state index contributed by atoms with van der Waals surface area (Å²) in [5, 5.41) is 21.0. The number of amides is 1. The molecule has 2 aromatic carbocycles. The number of hydrogen-bond acceptors (Lipinski definition) is 5. The van der Waals surface area contributed by atoms with Crippen LogP contribution in [0.2, 0.25) is 0 Å². The molecule has 1 unspecified atom stereocenters. The Hall–Kier alpha value is -3.32. The zero-order valence-electron chi connectivity index (χ0n) is 20.6. The van der Waals surface area contributed by atoms with Crippen LogP contribution < -0.4 is 9.64 Å². The van der Waals surface area contributed by atoms with Gasteiger partial charge in [-0.2, -0.15) is 0 Å². The fourth-order valence-corrected chi connectivity index (χ4v) is 4.09. The minimum Gasteiger partial charge on any atom is -0.508 e.